The maximum Gasteiger partial charge on any atom is 0.0724 e. The molecule has 0 unspecified atom stereocenters. The third-order valence-electron chi connectivity index (χ3n) is 1.47. The van der Waals surface area contributed by atoms with Crippen molar-refractivity contribution in [1.29, 1.82) is 0 Å². The van der Waals surface area contributed by atoms with E-state index in [0.717, 1.165) is 0 Å². The molecule has 0 aliphatic carbocycles. The van der Waals surface area contributed by atoms with Crippen LogP contribution in [0.3, 0.4) is 0 Å². The van der Waals surface area contributed by atoms with Crippen molar-refractivity contribution in [3.63, 3.8) is 0 Å². The zero-order chi connectivity index (χ0) is 9.03. The standard InChI is InChI=1S/C11H15O/c1-11(2,3)12-9-10-7-5-4-6-8-10/h4-8H,1,9H2,2-3H3. The van der Waals surface area contributed by atoms with Gasteiger partial charge in [-0.1, -0.05) is 30.3 Å². The van der Waals surface area contributed by atoms with Gasteiger partial charge in [0.15, 0.2) is 0 Å². The van der Waals surface area contributed by atoms with E-state index in [1.165, 1.54) is 5.56 Å². The van der Waals surface area contributed by atoms with Crippen LogP contribution in [0.15, 0.2) is 30.3 Å². The number of ether oxygens (including phenoxy) is 1. The summed E-state index contributed by atoms with van der Waals surface area (Å²) in [6, 6.07) is 10.1. The Labute approximate surface area is 74.4 Å². The lowest BCUT2D eigenvalue weighted by Gasteiger charge is -2.19. The van der Waals surface area contributed by atoms with Gasteiger partial charge in [0.2, 0.25) is 0 Å². The zero-order valence-electron chi connectivity index (χ0n) is 7.71. The quantitative estimate of drug-likeness (QED) is 0.665. The number of hydrogen-bond donors (Lipinski definition) is 0. The first kappa shape index (κ1) is 9.27. The molecular formula is C11H15O. The monoisotopic (exact) mass is 163 g/mol. The van der Waals surface area contributed by atoms with Crippen molar-refractivity contribution >= 4 is 0 Å². The Morgan fingerprint density at radius 3 is 2.33 bits per heavy atom. The predicted molar refractivity (Wildman–Crippen MR) is 50.7 cm³/mol. The van der Waals surface area contributed by atoms with Gasteiger partial charge in [0.1, 0.15) is 0 Å². The van der Waals surface area contributed by atoms with E-state index >= 15 is 0 Å². The molecule has 0 fully saturated rings. The van der Waals surface area contributed by atoms with Crippen LogP contribution in [0.2, 0.25) is 0 Å². The first-order chi connectivity index (χ1) is 5.58. The van der Waals surface area contributed by atoms with Crippen molar-refractivity contribution in [2.45, 2.75) is 26.1 Å². The maximum absolute atomic E-state index is 5.50. The largest absolute Gasteiger partial charge is 0.371 e. The topological polar surface area (TPSA) is 9.23 Å². The molecule has 0 bridgehead atoms. The molecule has 0 aliphatic heterocycles. The van der Waals surface area contributed by atoms with E-state index in [2.05, 4.69) is 6.92 Å². The number of rotatable bonds is 3. The number of hydrogen-bond acceptors (Lipinski definition) is 1. The van der Waals surface area contributed by atoms with E-state index in [9.17, 15) is 0 Å². The smallest absolute Gasteiger partial charge is 0.0724 e. The van der Waals surface area contributed by atoms with Gasteiger partial charge in [-0.2, -0.15) is 0 Å². The second-order valence-corrected chi connectivity index (χ2v) is 3.53. The Balaban J connectivity index is 2.44. The lowest BCUT2D eigenvalue weighted by Crippen LogP contribution is -2.19. The van der Waals surface area contributed by atoms with Crippen LogP contribution in [0.4, 0.5) is 0 Å². The van der Waals surface area contributed by atoms with Crippen molar-refractivity contribution in [2.75, 3.05) is 0 Å². The highest BCUT2D eigenvalue weighted by molar-refractivity contribution is 5.13. The van der Waals surface area contributed by atoms with Gasteiger partial charge in [0.25, 0.3) is 0 Å². The summed E-state index contributed by atoms with van der Waals surface area (Å²) in [6.45, 7) is 8.41. The summed E-state index contributed by atoms with van der Waals surface area (Å²) in [5.41, 5.74) is 0.893. The Morgan fingerprint density at radius 2 is 1.83 bits per heavy atom. The summed E-state index contributed by atoms with van der Waals surface area (Å²) in [6.07, 6.45) is 0. The van der Waals surface area contributed by atoms with Gasteiger partial charge in [0.05, 0.1) is 12.2 Å². The van der Waals surface area contributed by atoms with Crippen molar-refractivity contribution in [2.24, 2.45) is 0 Å². The maximum atomic E-state index is 5.50. The fraction of sp³-hybridized carbons (Fsp3) is 0.364. The highest BCUT2D eigenvalue weighted by atomic mass is 16.5. The molecule has 0 aliphatic rings. The highest BCUT2D eigenvalue weighted by Gasteiger charge is 2.09. The first-order valence-corrected chi connectivity index (χ1v) is 4.11. The van der Waals surface area contributed by atoms with Crippen molar-refractivity contribution in [1.82, 2.24) is 0 Å². The van der Waals surface area contributed by atoms with Gasteiger partial charge in [-0.15, -0.1) is 0 Å². The molecule has 1 radical (unpaired) electrons. The van der Waals surface area contributed by atoms with Crippen LogP contribution in [0, 0.1) is 6.92 Å². The molecule has 0 atom stereocenters. The predicted octanol–water partition coefficient (Wildman–Crippen LogP) is 2.82. The summed E-state index contributed by atoms with van der Waals surface area (Å²) >= 11 is 0. The third-order valence-corrected chi connectivity index (χ3v) is 1.47. The summed E-state index contributed by atoms with van der Waals surface area (Å²) in [5, 5.41) is 0. The molecule has 1 nitrogen and oxygen atoms in total. The van der Waals surface area contributed by atoms with Crippen LogP contribution in [-0.4, -0.2) is 5.60 Å². The zero-order valence-corrected chi connectivity index (χ0v) is 7.71. The van der Waals surface area contributed by atoms with Crippen molar-refractivity contribution < 1.29 is 4.74 Å². The normalized spacial score (nSPS) is 11.6. The number of benzene rings is 1. The van der Waals surface area contributed by atoms with Crippen molar-refractivity contribution in [3.8, 4) is 0 Å². The van der Waals surface area contributed by atoms with Gasteiger partial charge in [-0.25, -0.2) is 0 Å². The molecule has 12 heavy (non-hydrogen) atoms. The Bertz CT molecular complexity index is 221. The van der Waals surface area contributed by atoms with Gasteiger partial charge in [0, 0.05) is 0 Å². The molecule has 0 heterocycles. The SMILES string of the molecule is [CH2]C(C)(C)OCc1ccccc1. The molecule has 0 amide bonds. The molecule has 0 saturated carbocycles. The molecule has 65 valence electrons. The molecule has 1 aromatic rings. The molecule has 0 saturated heterocycles. The van der Waals surface area contributed by atoms with Crippen LogP contribution < -0.4 is 0 Å². The van der Waals surface area contributed by atoms with Gasteiger partial charge in [-0.05, 0) is 26.3 Å². The van der Waals surface area contributed by atoms with E-state index in [-0.39, 0.29) is 5.60 Å². The van der Waals surface area contributed by atoms with E-state index < -0.39 is 0 Å². The van der Waals surface area contributed by atoms with E-state index in [0.29, 0.717) is 6.61 Å². The molecule has 1 rings (SSSR count). The molecular weight excluding hydrogens is 148 g/mol. The minimum Gasteiger partial charge on any atom is -0.371 e. The van der Waals surface area contributed by atoms with Crippen LogP contribution in [0.5, 0.6) is 0 Å². The fourth-order valence-electron chi connectivity index (χ4n) is 0.853. The van der Waals surface area contributed by atoms with E-state index in [1.54, 1.807) is 0 Å². The molecule has 0 spiro atoms. The highest BCUT2D eigenvalue weighted by Crippen LogP contribution is 2.10. The Kier molecular flexibility index (Phi) is 2.88. The second kappa shape index (κ2) is 3.72. The summed E-state index contributed by atoms with van der Waals surface area (Å²) in [4.78, 5) is 0. The molecule has 1 aromatic carbocycles. The van der Waals surface area contributed by atoms with Gasteiger partial charge < -0.3 is 4.74 Å². The molecule has 0 aromatic heterocycles. The van der Waals surface area contributed by atoms with Crippen molar-refractivity contribution in [3.05, 3.63) is 42.8 Å². The molecule has 1 heteroatoms. The van der Waals surface area contributed by atoms with Gasteiger partial charge in [-0.3, -0.25) is 0 Å². The lowest BCUT2D eigenvalue weighted by molar-refractivity contribution is 0.00492. The lowest BCUT2D eigenvalue weighted by atomic mass is 10.2. The Hall–Kier alpha value is -0.820. The van der Waals surface area contributed by atoms with E-state index in [4.69, 9.17) is 4.74 Å². The van der Waals surface area contributed by atoms with Crippen LogP contribution in [-0.2, 0) is 11.3 Å². The average molecular weight is 163 g/mol. The van der Waals surface area contributed by atoms with E-state index in [1.807, 2.05) is 44.2 Å². The minimum absolute atomic E-state index is 0.296. The molecule has 0 N–H and O–H groups in total. The third kappa shape index (κ3) is 3.54. The Morgan fingerprint density at radius 1 is 1.25 bits per heavy atom. The summed E-state index contributed by atoms with van der Waals surface area (Å²) in [5.74, 6) is 0. The average Bonchev–Trinajstić information content (AvgIpc) is 2.02. The summed E-state index contributed by atoms with van der Waals surface area (Å²) in [7, 11) is 0. The van der Waals surface area contributed by atoms with Crippen LogP contribution in [0.25, 0.3) is 0 Å². The minimum atomic E-state index is -0.296. The van der Waals surface area contributed by atoms with Crippen LogP contribution in [0.1, 0.15) is 19.4 Å². The van der Waals surface area contributed by atoms with Gasteiger partial charge >= 0.3 is 0 Å². The second-order valence-electron chi connectivity index (χ2n) is 3.53. The fourth-order valence-corrected chi connectivity index (χ4v) is 0.853. The summed E-state index contributed by atoms with van der Waals surface area (Å²) < 4.78 is 5.50. The first-order valence-electron chi connectivity index (χ1n) is 4.11. The van der Waals surface area contributed by atoms with Crippen LogP contribution >= 0.6 is 0 Å².